The lowest BCUT2D eigenvalue weighted by Gasteiger charge is -2.13. The first-order valence-electron chi connectivity index (χ1n) is 6.11. The van der Waals surface area contributed by atoms with Crippen molar-refractivity contribution >= 4 is 5.96 Å². The molecular weight excluding hydrogens is 204 g/mol. The minimum Gasteiger partial charge on any atom is -0.376 e. The number of aliphatic imine (C=N–C) groups is 1. The van der Waals surface area contributed by atoms with E-state index < -0.39 is 0 Å². The van der Waals surface area contributed by atoms with Gasteiger partial charge in [-0.3, -0.25) is 5.43 Å². The average Bonchev–Trinajstić information content (AvgIpc) is 2.74. The van der Waals surface area contributed by atoms with Gasteiger partial charge >= 0.3 is 0 Å². The van der Waals surface area contributed by atoms with E-state index in [4.69, 9.17) is 10.6 Å². The minimum atomic E-state index is 0.325. The molecule has 1 saturated carbocycles. The molecule has 0 radical (unpaired) electrons. The zero-order valence-corrected chi connectivity index (χ0v) is 10.3. The molecule has 0 aliphatic heterocycles. The lowest BCUT2D eigenvalue weighted by atomic mass is 10.3. The Bertz CT molecular complexity index is 212. The Morgan fingerprint density at radius 1 is 1.44 bits per heavy atom. The summed E-state index contributed by atoms with van der Waals surface area (Å²) >= 11 is 0. The van der Waals surface area contributed by atoms with E-state index >= 15 is 0 Å². The van der Waals surface area contributed by atoms with E-state index in [0.717, 1.165) is 0 Å². The maximum absolute atomic E-state index is 5.70. The molecule has 0 aromatic carbocycles. The smallest absolute Gasteiger partial charge is 0.206 e. The fraction of sp³-hybridized carbons (Fsp3) is 0.909. The second-order valence-electron chi connectivity index (χ2n) is 4.45. The van der Waals surface area contributed by atoms with Crippen LogP contribution in [0.4, 0.5) is 0 Å². The van der Waals surface area contributed by atoms with E-state index in [1.165, 1.54) is 25.7 Å². The van der Waals surface area contributed by atoms with Crippen LogP contribution in [0.15, 0.2) is 4.99 Å². The Morgan fingerprint density at radius 2 is 2.12 bits per heavy atom. The monoisotopic (exact) mass is 228 g/mol. The first kappa shape index (κ1) is 13.3. The summed E-state index contributed by atoms with van der Waals surface area (Å²) in [5, 5.41) is 3.12. The molecule has 0 bridgehead atoms. The lowest BCUT2D eigenvalue weighted by molar-refractivity contribution is 0.0643. The predicted octanol–water partition coefficient (Wildman–Crippen LogP) is 0.763. The van der Waals surface area contributed by atoms with Gasteiger partial charge in [0.05, 0.1) is 19.3 Å². The number of hydrogen-bond acceptors (Lipinski definition) is 3. The summed E-state index contributed by atoms with van der Waals surface area (Å²) in [7, 11) is 0. The molecule has 0 aromatic heterocycles. The molecule has 1 aliphatic rings. The number of hydrogen-bond donors (Lipinski definition) is 3. The van der Waals surface area contributed by atoms with Crippen LogP contribution in [0.25, 0.3) is 0 Å². The molecule has 94 valence electrons. The van der Waals surface area contributed by atoms with E-state index in [-0.39, 0.29) is 0 Å². The van der Waals surface area contributed by atoms with E-state index in [1.807, 2.05) is 13.8 Å². The van der Waals surface area contributed by atoms with Gasteiger partial charge in [0.2, 0.25) is 5.96 Å². The topological polar surface area (TPSA) is 71.7 Å². The summed E-state index contributed by atoms with van der Waals surface area (Å²) in [4.78, 5) is 4.29. The fourth-order valence-electron chi connectivity index (χ4n) is 1.84. The van der Waals surface area contributed by atoms with Crippen molar-refractivity contribution in [2.45, 2.75) is 51.7 Å². The molecule has 1 fully saturated rings. The third-order valence-electron chi connectivity index (χ3n) is 2.58. The molecule has 0 aromatic rings. The van der Waals surface area contributed by atoms with Gasteiger partial charge in [-0.2, -0.15) is 0 Å². The number of rotatable bonds is 5. The van der Waals surface area contributed by atoms with Crippen molar-refractivity contribution in [2.24, 2.45) is 10.8 Å². The lowest BCUT2D eigenvalue weighted by Crippen LogP contribution is -2.44. The summed E-state index contributed by atoms with van der Waals surface area (Å²) < 4.78 is 5.70. The number of guanidine groups is 1. The van der Waals surface area contributed by atoms with Crippen molar-refractivity contribution in [1.29, 1.82) is 0 Å². The largest absolute Gasteiger partial charge is 0.376 e. The van der Waals surface area contributed by atoms with Crippen molar-refractivity contribution in [2.75, 3.05) is 13.2 Å². The summed E-state index contributed by atoms with van der Waals surface area (Å²) in [6, 6.07) is 0.325. The van der Waals surface area contributed by atoms with Crippen LogP contribution < -0.4 is 16.6 Å². The molecule has 16 heavy (non-hydrogen) atoms. The van der Waals surface area contributed by atoms with Gasteiger partial charge in [-0.05, 0) is 26.7 Å². The SMILES string of the molecule is CC(C)NC(=NCCOC1CCCC1)NN. The van der Waals surface area contributed by atoms with Crippen LogP contribution in [0.2, 0.25) is 0 Å². The molecule has 0 heterocycles. The van der Waals surface area contributed by atoms with Gasteiger partial charge in [0.25, 0.3) is 0 Å². The van der Waals surface area contributed by atoms with Crippen molar-refractivity contribution in [3.8, 4) is 0 Å². The molecule has 5 heteroatoms. The summed E-state index contributed by atoms with van der Waals surface area (Å²) in [6.07, 6.45) is 5.48. The van der Waals surface area contributed by atoms with Crippen molar-refractivity contribution in [3.05, 3.63) is 0 Å². The van der Waals surface area contributed by atoms with Crippen LogP contribution in [0.1, 0.15) is 39.5 Å². The van der Waals surface area contributed by atoms with Gasteiger partial charge in [-0.15, -0.1) is 0 Å². The van der Waals surface area contributed by atoms with Gasteiger partial charge in [0.1, 0.15) is 0 Å². The zero-order valence-electron chi connectivity index (χ0n) is 10.3. The number of nitrogens with one attached hydrogen (secondary N) is 2. The molecule has 1 rings (SSSR count). The average molecular weight is 228 g/mol. The molecule has 0 spiro atoms. The molecule has 0 atom stereocenters. The number of hydrazine groups is 1. The van der Waals surface area contributed by atoms with Crippen LogP contribution in [0.5, 0.6) is 0 Å². The van der Waals surface area contributed by atoms with Crippen LogP contribution in [0.3, 0.4) is 0 Å². The highest BCUT2D eigenvalue weighted by atomic mass is 16.5. The van der Waals surface area contributed by atoms with E-state index in [9.17, 15) is 0 Å². The molecule has 0 amide bonds. The zero-order chi connectivity index (χ0) is 11.8. The Kier molecular flexibility index (Phi) is 6.18. The van der Waals surface area contributed by atoms with Crippen molar-refractivity contribution in [3.63, 3.8) is 0 Å². The first-order valence-corrected chi connectivity index (χ1v) is 6.11. The molecule has 4 N–H and O–H groups in total. The van der Waals surface area contributed by atoms with Gasteiger partial charge in [0.15, 0.2) is 0 Å². The quantitative estimate of drug-likeness (QED) is 0.214. The molecular formula is C11H24N4O. The normalized spacial score (nSPS) is 18.1. The summed E-state index contributed by atoms with van der Waals surface area (Å²) in [6.45, 7) is 5.41. The minimum absolute atomic E-state index is 0.325. The van der Waals surface area contributed by atoms with E-state index in [0.29, 0.717) is 31.3 Å². The highest BCUT2D eigenvalue weighted by Crippen LogP contribution is 2.20. The predicted molar refractivity (Wildman–Crippen MR) is 66.1 cm³/mol. The Balaban J connectivity index is 2.12. The third-order valence-corrected chi connectivity index (χ3v) is 2.58. The molecule has 1 aliphatic carbocycles. The van der Waals surface area contributed by atoms with Crippen molar-refractivity contribution in [1.82, 2.24) is 10.7 Å². The number of nitrogens with two attached hydrogens (primary N) is 1. The third kappa shape index (κ3) is 5.32. The number of nitrogens with zero attached hydrogens (tertiary/aromatic N) is 1. The number of ether oxygens (including phenoxy) is 1. The van der Waals surface area contributed by atoms with E-state index in [2.05, 4.69) is 15.7 Å². The molecule has 0 saturated heterocycles. The summed E-state index contributed by atoms with van der Waals surface area (Å²) in [5.74, 6) is 5.97. The second-order valence-corrected chi connectivity index (χ2v) is 4.45. The van der Waals surface area contributed by atoms with Crippen LogP contribution >= 0.6 is 0 Å². The Hall–Kier alpha value is -0.810. The Morgan fingerprint density at radius 3 is 2.69 bits per heavy atom. The Labute approximate surface area is 97.8 Å². The van der Waals surface area contributed by atoms with E-state index in [1.54, 1.807) is 0 Å². The highest BCUT2D eigenvalue weighted by Gasteiger charge is 2.14. The summed E-state index contributed by atoms with van der Waals surface area (Å²) in [5.41, 5.74) is 2.55. The van der Waals surface area contributed by atoms with Crippen molar-refractivity contribution < 1.29 is 4.74 Å². The van der Waals surface area contributed by atoms with Gasteiger partial charge in [0, 0.05) is 6.04 Å². The van der Waals surface area contributed by atoms with Crippen LogP contribution in [-0.2, 0) is 4.74 Å². The van der Waals surface area contributed by atoms with Gasteiger partial charge in [-0.1, -0.05) is 12.8 Å². The highest BCUT2D eigenvalue weighted by molar-refractivity contribution is 5.79. The molecule has 5 nitrogen and oxygen atoms in total. The fourth-order valence-corrected chi connectivity index (χ4v) is 1.84. The van der Waals surface area contributed by atoms with Gasteiger partial charge in [-0.25, -0.2) is 10.8 Å². The van der Waals surface area contributed by atoms with Crippen LogP contribution in [-0.4, -0.2) is 31.3 Å². The van der Waals surface area contributed by atoms with Crippen LogP contribution in [0, 0.1) is 0 Å². The molecule has 0 unspecified atom stereocenters. The van der Waals surface area contributed by atoms with Gasteiger partial charge < -0.3 is 10.1 Å². The second kappa shape index (κ2) is 7.46. The maximum Gasteiger partial charge on any atom is 0.206 e. The first-order chi connectivity index (χ1) is 7.72. The maximum atomic E-state index is 5.70. The standard InChI is InChI=1S/C11H24N4O/c1-9(2)14-11(15-12)13-7-8-16-10-5-3-4-6-10/h9-10H,3-8,12H2,1-2H3,(H2,13,14,15).